The lowest BCUT2D eigenvalue weighted by Gasteiger charge is -2.25. The molecule has 1 aliphatic carbocycles. The van der Waals surface area contributed by atoms with Crippen molar-refractivity contribution in [1.29, 1.82) is 0 Å². The van der Waals surface area contributed by atoms with Gasteiger partial charge in [0.1, 0.15) is 11.2 Å². The van der Waals surface area contributed by atoms with E-state index in [0.717, 1.165) is 19.3 Å². The van der Waals surface area contributed by atoms with Crippen molar-refractivity contribution in [2.75, 3.05) is 13.1 Å². The molecule has 0 aromatic carbocycles. The summed E-state index contributed by atoms with van der Waals surface area (Å²) in [5.74, 6) is 0. The van der Waals surface area contributed by atoms with Gasteiger partial charge in [-0.25, -0.2) is 9.59 Å². The minimum atomic E-state index is -0.497. The fraction of sp³-hybridized carbons (Fsp3) is 0.882. The first-order valence-corrected chi connectivity index (χ1v) is 8.66. The quantitative estimate of drug-likeness (QED) is 0.668. The second-order valence-electron chi connectivity index (χ2n) is 8.17. The fourth-order valence-corrected chi connectivity index (χ4v) is 2.57. The summed E-state index contributed by atoms with van der Waals surface area (Å²) in [6, 6.07) is 0.249. The van der Waals surface area contributed by atoms with Crippen LogP contribution in [0.5, 0.6) is 0 Å². The first kappa shape index (κ1) is 20.5. The molecule has 3 N–H and O–H groups in total. The van der Waals surface area contributed by atoms with Crippen LogP contribution in [0.15, 0.2) is 0 Å². The van der Waals surface area contributed by atoms with Crippen molar-refractivity contribution < 1.29 is 19.1 Å². The van der Waals surface area contributed by atoms with Crippen molar-refractivity contribution in [3.8, 4) is 0 Å². The summed E-state index contributed by atoms with van der Waals surface area (Å²) in [6.07, 6.45) is 2.17. The van der Waals surface area contributed by atoms with Crippen LogP contribution >= 0.6 is 0 Å². The Labute approximate surface area is 145 Å². The Hall–Kier alpha value is -1.50. The van der Waals surface area contributed by atoms with Gasteiger partial charge in [0, 0.05) is 25.2 Å². The Morgan fingerprint density at radius 3 is 2.00 bits per heavy atom. The summed E-state index contributed by atoms with van der Waals surface area (Å²) in [5.41, 5.74) is -0.992. The van der Waals surface area contributed by atoms with Gasteiger partial charge >= 0.3 is 12.2 Å². The van der Waals surface area contributed by atoms with Gasteiger partial charge < -0.3 is 25.4 Å². The van der Waals surface area contributed by atoms with Gasteiger partial charge in [0.15, 0.2) is 0 Å². The van der Waals surface area contributed by atoms with Crippen molar-refractivity contribution in [2.24, 2.45) is 0 Å². The van der Waals surface area contributed by atoms with E-state index >= 15 is 0 Å². The van der Waals surface area contributed by atoms with Gasteiger partial charge in [0.25, 0.3) is 0 Å². The number of hydrogen-bond acceptors (Lipinski definition) is 5. The minimum absolute atomic E-state index is 0.0568. The van der Waals surface area contributed by atoms with Gasteiger partial charge in [-0.2, -0.15) is 0 Å². The number of ether oxygens (including phenoxy) is 2. The highest BCUT2D eigenvalue weighted by Gasteiger charge is 2.29. The van der Waals surface area contributed by atoms with Crippen LogP contribution in [0.3, 0.4) is 0 Å². The van der Waals surface area contributed by atoms with Crippen molar-refractivity contribution in [3.05, 3.63) is 0 Å². The van der Waals surface area contributed by atoms with Gasteiger partial charge in [0.2, 0.25) is 0 Å². The molecule has 0 aliphatic heterocycles. The normalized spacial score (nSPS) is 21.2. The first-order chi connectivity index (χ1) is 11.0. The van der Waals surface area contributed by atoms with E-state index in [1.165, 1.54) is 0 Å². The Kier molecular flexibility index (Phi) is 7.32. The average molecular weight is 343 g/mol. The zero-order chi connectivity index (χ0) is 18.4. The molecule has 140 valence electrons. The Balaban J connectivity index is 2.27. The van der Waals surface area contributed by atoms with Gasteiger partial charge in [-0.15, -0.1) is 0 Å². The highest BCUT2D eigenvalue weighted by Crippen LogP contribution is 2.19. The highest BCUT2D eigenvalue weighted by molar-refractivity contribution is 5.68. The summed E-state index contributed by atoms with van der Waals surface area (Å²) in [5, 5.41) is 9.02. The molecule has 7 nitrogen and oxygen atoms in total. The molecule has 0 radical (unpaired) electrons. The zero-order valence-electron chi connectivity index (χ0n) is 15.8. The van der Waals surface area contributed by atoms with Gasteiger partial charge in [-0.3, -0.25) is 0 Å². The van der Waals surface area contributed by atoms with E-state index in [0.29, 0.717) is 13.1 Å². The zero-order valence-corrected chi connectivity index (χ0v) is 15.8. The average Bonchev–Trinajstić information content (AvgIpc) is 2.77. The molecule has 1 aliphatic rings. The van der Waals surface area contributed by atoms with Crippen molar-refractivity contribution in [1.82, 2.24) is 16.0 Å². The molecule has 0 aromatic heterocycles. The number of nitrogens with one attached hydrogen (secondary N) is 3. The number of rotatable bonds is 5. The Morgan fingerprint density at radius 1 is 0.875 bits per heavy atom. The maximum atomic E-state index is 11.9. The number of carbonyl (C=O) groups excluding carboxylic acids is 2. The first-order valence-electron chi connectivity index (χ1n) is 8.66. The summed E-state index contributed by atoms with van der Waals surface area (Å²) >= 11 is 0. The monoisotopic (exact) mass is 343 g/mol. The van der Waals surface area contributed by atoms with Gasteiger partial charge in [-0.05, 0) is 60.8 Å². The molecule has 7 heteroatoms. The van der Waals surface area contributed by atoms with E-state index in [9.17, 15) is 9.59 Å². The van der Waals surface area contributed by atoms with Crippen LogP contribution in [0.4, 0.5) is 9.59 Å². The summed E-state index contributed by atoms with van der Waals surface area (Å²) in [4.78, 5) is 23.4. The molecule has 0 saturated heterocycles. The number of hydrogen-bond donors (Lipinski definition) is 3. The smallest absolute Gasteiger partial charge is 0.407 e. The molecule has 1 saturated carbocycles. The fourth-order valence-electron chi connectivity index (χ4n) is 2.57. The molecular formula is C17H33N3O4. The molecule has 2 atom stereocenters. The minimum Gasteiger partial charge on any atom is -0.444 e. The molecule has 0 spiro atoms. The van der Waals surface area contributed by atoms with Crippen molar-refractivity contribution in [3.63, 3.8) is 0 Å². The van der Waals surface area contributed by atoms with E-state index in [-0.39, 0.29) is 18.2 Å². The highest BCUT2D eigenvalue weighted by atomic mass is 16.6. The molecule has 0 bridgehead atoms. The topological polar surface area (TPSA) is 88.7 Å². The predicted molar refractivity (Wildman–Crippen MR) is 93.0 cm³/mol. The number of carbonyl (C=O) groups is 2. The van der Waals surface area contributed by atoms with Crippen molar-refractivity contribution in [2.45, 2.75) is 84.1 Å². The predicted octanol–water partition coefficient (Wildman–Crippen LogP) is 2.55. The van der Waals surface area contributed by atoms with Crippen molar-refractivity contribution >= 4 is 12.2 Å². The van der Waals surface area contributed by atoms with Crippen LogP contribution in [-0.4, -0.2) is 48.6 Å². The van der Waals surface area contributed by atoms with Crippen LogP contribution in [0.2, 0.25) is 0 Å². The van der Waals surface area contributed by atoms with E-state index < -0.39 is 17.3 Å². The third-order valence-corrected chi connectivity index (χ3v) is 3.42. The standard InChI is InChI=1S/C17H33N3O4/c1-16(2,3)23-14(21)19-11-10-18-12-8-7-9-13(12)20-15(22)24-17(4,5)6/h12-13,18H,7-11H2,1-6H3,(H,19,21)(H,20,22). The second kappa shape index (κ2) is 8.55. The molecule has 0 aromatic rings. The van der Waals surface area contributed by atoms with Crippen LogP contribution < -0.4 is 16.0 Å². The van der Waals surface area contributed by atoms with Gasteiger partial charge in [0.05, 0.1) is 0 Å². The lowest BCUT2D eigenvalue weighted by atomic mass is 10.1. The van der Waals surface area contributed by atoms with E-state index in [1.807, 2.05) is 41.5 Å². The second-order valence-corrected chi connectivity index (χ2v) is 8.17. The van der Waals surface area contributed by atoms with Crippen LogP contribution in [0, 0.1) is 0 Å². The molecule has 24 heavy (non-hydrogen) atoms. The number of alkyl carbamates (subject to hydrolysis) is 2. The SMILES string of the molecule is CC(C)(C)OC(=O)NCCNC1CCCC1NC(=O)OC(C)(C)C. The largest absolute Gasteiger partial charge is 0.444 e. The van der Waals surface area contributed by atoms with E-state index in [2.05, 4.69) is 16.0 Å². The molecule has 1 fully saturated rings. The van der Waals surface area contributed by atoms with E-state index in [1.54, 1.807) is 0 Å². The molecule has 1 rings (SSSR count). The van der Waals surface area contributed by atoms with E-state index in [4.69, 9.17) is 9.47 Å². The maximum absolute atomic E-state index is 11.9. The third kappa shape index (κ3) is 8.96. The third-order valence-electron chi connectivity index (χ3n) is 3.42. The van der Waals surface area contributed by atoms with Crippen LogP contribution in [0.25, 0.3) is 0 Å². The van der Waals surface area contributed by atoms with Gasteiger partial charge in [-0.1, -0.05) is 0 Å². The maximum Gasteiger partial charge on any atom is 0.407 e. The molecule has 2 amide bonds. The lowest BCUT2D eigenvalue weighted by Crippen LogP contribution is -2.49. The molecule has 2 unspecified atom stereocenters. The Morgan fingerprint density at radius 2 is 1.42 bits per heavy atom. The summed E-state index contributed by atoms with van der Waals surface area (Å²) in [7, 11) is 0. The summed E-state index contributed by atoms with van der Waals surface area (Å²) < 4.78 is 10.5. The molecule has 0 heterocycles. The number of amides is 2. The molecular weight excluding hydrogens is 310 g/mol. The lowest BCUT2D eigenvalue weighted by molar-refractivity contribution is 0.0497. The van der Waals surface area contributed by atoms with Crippen LogP contribution in [0.1, 0.15) is 60.8 Å². The summed E-state index contributed by atoms with van der Waals surface area (Å²) in [6.45, 7) is 12.1. The van der Waals surface area contributed by atoms with Crippen LogP contribution in [-0.2, 0) is 9.47 Å². The Bertz CT molecular complexity index is 427.